The number of ketones is 1. The van der Waals surface area contributed by atoms with Gasteiger partial charge in [0.05, 0.1) is 11.1 Å². The highest BCUT2D eigenvalue weighted by Crippen LogP contribution is 2.35. The number of aromatic nitrogens is 1. The molecular weight excluding hydrogens is 249 g/mol. The van der Waals surface area contributed by atoms with Crippen LogP contribution in [0, 0.1) is 5.82 Å². The molecule has 3 rings (SSSR count). The van der Waals surface area contributed by atoms with Crippen LogP contribution in [0.3, 0.4) is 0 Å². The van der Waals surface area contributed by atoms with E-state index in [1.165, 1.54) is 18.3 Å². The fourth-order valence-electron chi connectivity index (χ4n) is 2.78. The van der Waals surface area contributed by atoms with Crippen LogP contribution >= 0.6 is 0 Å². The molecule has 0 saturated heterocycles. The second-order valence-electron chi connectivity index (χ2n) is 4.93. The van der Waals surface area contributed by atoms with Gasteiger partial charge < -0.3 is 9.67 Å². The molecule has 0 bridgehead atoms. The van der Waals surface area contributed by atoms with Gasteiger partial charge in [-0.05, 0) is 37.5 Å². The number of nitrogens with zero attached hydrogens (tertiary/aromatic N) is 1. The molecule has 0 spiro atoms. The number of halogens is 1. The van der Waals surface area contributed by atoms with E-state index in [2.05, 4.69) is 0 Å². The number of aryl methyl sites for hydroxylation is 1. The number of carboxylic acids is 1. The van der Waals surface area contributed by atoms with Crippen molar-refractivity contribution in [2.45, 2.75) is 25.8 Å². The van der Waals surface area contributed by atoms with Gasteiger partial charge in [-0.25, -0.2) is 9.18 Å². The zero-order chi connectivity index (χ0) is 13.7. The summed E-state index contributed by atoms with van der Waals surface area (Å²) in [6, 6.07) is 2.87. The molecular formula is C14H12FNO3. The zero-order valence-corrected chi connectivity index (χ0v) is 10.3. The number of hydrogen-bond acceptors (Lipinski definition) is 2. The van der Waals surface area contributed by atoms with Gasteiger partial charge in [0.25, 0.3) is 5.78 Å². The van der Waals surface area contributed by atoms with Crippen molar-refractivity contribution in [3.05, 3.63) is 35.3 Å². The van der Waals surface area contributed by atoms with E-state index in [-0.39, 0.29) is 11.6 Å². The lowest BCUT2D eigenvalue weighted by Gasteiger charge is -2.22. The van der Waals surface area contributed by atoms with E-state index in [1.807, 2.05) is 11.5 Å². The van der Waals surface area contributed by atoms with E-state index in [9.17, 15) is 14.0 Å². The summed E-state index contributed by atoms with van der Waals surface area (Å²) in [5.41, 5.74) is 1.68. The summed E-state index contributed by atoms with van der Waals surface area (Å²) in [6.45, 7) is 2.00. The third-order valence-corrected chi connectivity index (χ3v) is 3.72. The molecule has 1 atom stereocenters. The molecule has 1 aliphatic heterocycles. The molecule has 19 heavy (non-hydrogen) atoms. The Morgan fingerprint density at radius 3 is 2.84 bits per heavy atom. The van der Waals surface area contributed by atoms with Crippen molar-refractivity contribution in [3.8, 4) is 0 Å². The van der Waals surface area contributed by atoms with Crippen LogP contribution in [0.5, 0.6) is 0 Å². The predicted molar refractivity (Wildman–Crippen MR) is 66.9 cm³/mol. The van der Waals surface area contributed by atoms with Crippen molar-refractivity contribution in [1.82, 2.24) is 4.57 Å². The number of rotatable bonds is 2. The number of hydrogen-bond donors (Lipinski definition) is 1. The van der Waals surface area contributed by atoms with Crippen molar-refractivity contribution in [2.24, 2.45) is 0 Å². The van der Waals surface area contributed by atoms with Crippen LogP contribution in [-0.2, 0) is 11.2 Å². The Kier molecular flexibility index (Phi) is 2.45. The molecule has 98 valence electrons. The third-order valence-electron chi connectivity index (χ3n) is 3.72. The average molecular weight is 261 g/mol. The topological polar surface area (TPSA) is 59.3 Å². The van der Waals surface area contributed by atoms with E-state index in [4.69, 9.17) is 5.11 Å². The van der Waals surface area contributed by atoms with Gasteiger partial charge in [0.15, 0.2) is 0 Å². The van der Waals surface area contributed by atoms with Crippen LogP contribution in [0.25, 0.3) is 10.9 Å². The molecule has 2 aromatic rings. The highest BCUT2D eigenvalue weighted by atomic mass is 19.1. The van der Waals surface area contributed by atoms with Crippen molar-refractivity contribution in [2.75, 3.05) is 0 Å². The maximum atomic E-state index is 13.6. The Morgan fingerprint density at radius 2 is 2.16 bits per heavy atom. The lowest BCUT2D eigenvalue weighted by molar-refractivity contribution is -0.131. The second-order valence-corrected chi connectivity index (χ2v) is 4.93. The van der Waals surface area contributed by atoms with E-state index in [0.29, 0.717) is 5.39 Å². The minimum absolute atomic E-state index is 0.0667. The van der Waals surface area contributed by atoms with E-state index in [0.717, 1.165) is 23.9 Å². The van der Waals surface area contributed by atoms with E-state index < -0.39 is 17.6 Å². The molecule has 1 aromatic heterocycles. The van der Waals surface area contributed by atoms with Crippen molar-refractivity contribution >= 4 is 22.7 Å². The van der Waals surface area contributed by atoms with Gasteiger partial charge in [0.2, 0.25) is 0 Å². The Morgan fingerprint density at radius 1 is 1.42 bits per heavy atom. The molecule has 1 unspecified atom stereocenters. The largest absolute Gasteiger partial charge is 0.475 e. The lowest BCUT2D eigenvalue weighted by atomic mass is 9.98. The van der Waals surface area contributed by atoms with Gasteiger partial charge in [0, 0.05) is 17.6 Å². The number of Topliss-reactive ketones (excluding diaryl/α,β-unsaturated/α-hetero) is 1. The molecule has 1 aliphatic rings. The van der Waals surface area contributed by atoms with Gasteiger partial charge in [-0.2, -0.15) is 0 Å². The molecule has 0 radical (unpaired) electrons. The molecule has 1 aromatic carbocycles. The zero-order valence-electron chi connectivity index (χ0n) is 10.3. The normalized spacial score (nSPS) is 17.7. The number of carbonyl (C=O) groups excluding carboxylic acids is 1. The average Bonchev–Trinajstić information content (AvgIpc) is 2.73. The van der Waals surface area contributed by atoms with Gasteiger partial charge in [-0.1, -0.05) is 0 Å². The minimum Gasteiger partial charge on any atom is -0.475 e. The van der Waals surface area contributed by atoms with Gasteiger partial charge in [0.1, 0.15) is 5.82 Å². The van der Waals surface area contributed by atoms with Gasteiger partial charge in [-0.15, -0.1) is 0 Å². The van der Waals surface area contributed by atoms with Crippen molar-refractivity contribution in [1.29, 1.82) is 0 Å². The molecule has 5 heteroatoms. The summed E-state index contributed by atoms with van der Waals surface area (Å²) in [5.74, 6) is -2.94. The molecule has 2 heterocycles. The molecule has 0 amide bonds. The molecule has 1 N–H and O–H groups in total. The summed E-state index contributed by atoms with van der Waals surface area (Å²) < 4.78 is 15.5. The first kappa shape index (κ1) is 11.9. The summed E-state index contributed by atoms with van der Waals surface area (Å²) in [6.07, 6.45) is 3.12. The summed E-state index contributed by atoms with van der Waals surface area (Å²) >= 11 is 0. The van der Waals surface area contributed by atoms with Crippen LogP contribution in [-0.4, -0.2) is 21.4 Å². The maximum absolute atomic E-state index is 13.6. The molecule has 0 fully saturated rings. The minimum atomic E-state index is -1.52. The number of carbonyl (C=O) groups is 2. The third kappa shape index (κ3) is 1.65. The van der Waals surface area contributed by atoms with E-state index in [1.54, 1.807) is 0 Å². The van der Waals surface area contributed by atoms with Crippen LogP contribution in [0.15, 0.2) is 18.3 Å². The van der Waals surface area contributed by atoms with Crippen LogP contribution < -0.4 is 0 Å². The smallest absolute Gasteiger partial charge is 0.377 e. The highest BCUT2D eigenvalue weighted by molar-refractivity contribution is 6.42. The molecule has 4 nitrogen and oxygen atoms in total. The second kappa shape index (κ2) is 3.91. The summed E-state index contributed by atoms with van der Waals surface area (Å²) in [7, 11) is 0. The Labute approximate surface area is 108 Å². The summed E-state index contributed by atoms with van der Waals surface area (Å²) in [4.78, 5) is 22.6. The lowest BCUT2D eigenvalue weighted by Crippen LogP contribution is -2.13. The quantitative estimate of drug-likeness (QED) is 0.667. The van der Waals surface area contributed by atoms with E-state index >= 15 is 0 Å². The Hall–Kier alpha value is -2.17. The predicted octanol–water partition coefficient (Wildman–Crippen LogP) is 2.55. The van der Waals surface area contributed by atoms with Gasteiger partial charge >= 0.3 is 5.97 Å². The SMILES string of the molecule is CC1CCc2cc(F)cc3c(C(=O)C(=O)O)cn1c23. The number of aliphatic carboxylic acids is 1. The first-order valence-electron chi connectivity index (χ1n) is 6.09. The fourth-order valence-corrected chi connectivity index (χ4v) is 2.78. The molecule has 0 saturated carbocycles. The molecule has 0 aliphatic carbocycles. The highest BCUT2D eigenvalue weighted by Gasteiger charge is 2.26. The number of carboxylic acid groups (broad SMARTS) is 1. The Bertz CT molecular complexity index is 717. The van der Waals surface area contributed by atoms with Gasteiger partial charge in [-0.3, -0.25) is 4.79 Å². The first-order valence-corrected chi connectivity index (χ1v) is 6.09. The summed E-state index contributed by atoms with van der Waals surface area (Å²) in [5, 5.41) is 9.24. The van der Waals surface area contributed by atoms with Crippen LogP contribution in [0.1, 0.15) is 35.3 Å². The van der Waals surface area contributed by atoms with Crippen molar-refractivity contribution < 1.29 is 19.1 Å². The first-order chi connectivity index (χ1) is 8.99. The van der Waals surface area contributed by atoms with Crippen LogP contribution in [0.4, 0.5) is 4.39 Å². The fraction of sp³-hybridized carbons (Fsp3) is 0.286. The maximum Gasteiger partial charge on any atom is 0.377 e. The number of benzene rings is 1. The van der Waals surface area contributed by atoms with Crippen molar-refractivity contribution in [3.63, 3.8) is 0 Å². The standard InChI is InChI=1S/C14H12FNO3/c1-7-2-3-8-4-9(15)5-10-11(13(17)14(18)19)6-16(7)12(8)10/h4-7H,2-3H2,1H3,(H,18,19). The Balaban J connectivity index is 2.37. The monoisotopic (exact) mass is 261 g/mol. The van der Waals surface area contributed by atoms with Crippen LogP contribution in [0.2, 0.25) is 0 Å².